The second kappa shape index (κ2) is 16.0. The Balaban J connectivity index is -0.0000000358. The van der Waals surface area contributed by atoms with Gasteiger partial charge in [-0.15, -0.1) is 0 Å². The van der Waals surface area contributed by atoms with Crippen LogP contribution in [0.4, 0.5) is 0 Å². The molecular weight excluding hydrogens is 378 g/mol. The predicted octanol–water partition coefficient (Wildman–Crippen LogP) is -6.94. The van der Waals surface area contributed by atoms with E-state index in [0.717, 1.165) is 0 Å². The topological polar surface area (TPSA) is 216 Å². The number of hydrogen-bond acceptors (Lipinski definition) is 7. The molecule has 0 spiro atoms. The van der Waals surface area contributed by atoms with Crippen LogP contribution in [0.25, 0.3) is 0 Å². The Morgan fingerprint density at radius 3 is 0.812 bits per heavy atom. The van der Waals surface area contributed by atoms with Crippen molar-refractivity contribution >= 4 is 80.9 Å². The van der Waals surface area contributed by atoms with Gasteiger partial charge in [0.05, 0.1) is 0 Å². The molecule has 11 nitrogen and oxygen atoms in total. The van der Waals surface area contributed by atoms with Crippen molar-refractivity contribution in [2.45, 2.75) is 0 Å². The van der Waals surface area contributed by atoms with Gasteiger partial charge in [0.1, 0.15) is 0 Å². The van der Waals surface area contributed by atoms with Gasteiger partial charge in [-0.25, -0.2) is 0 Å². The van der Waals surface area contributed by atoms with Gasteiger partial charge >= 0.3 is 140 Å². The van der Waals surface area contributed by atoms with Crippen molar-refractivity contribution in [3.05, 3.63) is 0 Å². The van der Waals surface area contributed by atoms with Crippen LogP contribution in [0.2, 0.25) is 0 Å². The molecule has 16 heteroatoms. The average molecular weight is 385 g/mol. The summed E-state index contributed by atoms with van der Waals surface area (Å²) in [5, 5.41) is 0. The molecule has 0 aromatic heterocycles. The van der Waals surface area contributed by atoms with Gasteiger partial charge < -0.3 is 9.32 Å². The summed E-state index contributed by atoms with van der Waals surface area (Å²) in [5.74, 6) is 0. The first-order valence-corrected chi connectivity index (χ1v) is 7.19. The van der Waals surface area contributed by atoms with Crippen molar-refractivity contribution in [3.8, 4) is 0 Å². The van der Waals surface area contributed by atoms with Gasteiger partial charge in [0, 0.05) is 4.66 Å². The van der Waals surface area contributed by atoms with Crippen molar-refractivity contribution < 1.29 is 83.8 Å². The maximum absolute atomic E-state index is 8.82. The monoisotopic (exact) mass is 384 g/mol. The Labute approximate surface area is 161 Å². The van der Waals surface area contributed by atoms with E-state index >= 15 is 0 Å². The van der Waals surface area contributed by atoms with E-state index in [1.54, 1.807) is 0 Å². The maximum atomic E-state index is 8.82. The summed E-state index contributed by atoms with van der Waals surface area (Å²) in [4.78, 5) is 0. The zero-order chi connectivity index (χ0) is 12.6. The second-order valence-corrected chi connectivity index (χ2v) is 4.30. The van der Waals surface area contributed by atoms with Crippen LogP contribution in [0.5, 0.6) is 0 Å². The zero-order valence-electron chi connectivity index (χ0n) is 5.88. The molecule has 0 aromatic carbocycles. The van der Waals surface area contributed by atoms with E-state index in [9.17, 15) is 0 Å². The van der Waals surface area contributed by atoms with Gasteiger partial charge in [-0.05, 0) is 0 Å². The molecule has 94 valence electrons. The van der Waals surface area contributed by atoms with Gasteiger partial charge in [0.15, 0.2) is 0 Å². The van der Waals surface area contributed by atoms with Gasteiger partial charge in [-0.2, -0.15) is 0 Å². The van der Waals surface area contributed by atoms with Crippen LogP contribution in [0.15, 0.2) is 0 Å². The first-order chi connectivity index (χ1) is 5.73. The standard InChI is InChI=1S/ClHO3.2Cr.K.Na.4H2O.4O.2H/c2-1(3)4;;;;;;;;;;;;;;/h2H;;;;;4*1H2;;;;;;/q;2*+2;;;;;;;;;;;;/p-4. The molecule has 0 heterocycles. The van der Waals surface area contributed by atoms with Crippen molar-refractivity contribution in [1.29, 1.82) is 0 Å². The fourth-order valence-corrected chi connectivity index (χ4v) is 0. The van der Waals surface area contributed by atoms with Crippen molar-refractivity contribution in [3.63, 3.8) is 0 Å². The fourth-order valence-electron chi connectivity index (χ4n) is 0. The molecule has 0 saturated heterocycles. The van der Waals surface area contributed by atoms with E-state index in [-0.39, 0.29) is 80.9 Å². The molecule has 16 heavy (non-hydrogen) atoms. The Kier molecular flexibility index (Phi) is 31.3. The molecule has 0 atom stereocenters. The minimum absolute atomic E-state index is 0. The van der Waals surface area contributed by atoms with Crippen LogP contribution in [0.1, 0.15) is 0 Å². The Hall–Kier alpha value is 2.91. The van der Waals surface area contributed by atoms with Crippen molar-refractivity contribution in [2.24, 2.45) is 0 Å². The third-order valence-electron chi connectivity index (χ3n) is 0. The van der Waals surface area contributed by atoms with Gasteiger partial charge in [-0.3, -0.25) is 0 Å². The van der Waals surface area contributed by atoms with Crippen LogP contribution in [-0.2, 0) is 42.4 Å². The molecule has 0 aromatic rings. The molecule has 0 amide bonds. The van der Waals surface area contributed by atoms with E-state index in [2.05, 4.69) is 0 Å². The third kappa shape index (κ3) is 505. The summed E-state index contributed by atoms with van der Waals surface area (Å²) < 4.78 is 87.7. The molecule has 0 unspecified atom stereocenters. The first kappa shape index (κ1) is 31.4. The number of rotatable bonds is 0. The molecule has 0 aliphatic carbocycles. The SMILES string of the molecule is [KH].[NaH].[O-][Cl+2]([O-])O.[O]=[Cr](=[O])([OH])[OH].[O]=[Cr](=[O])([OH])[OH]. The molecular formula is H7ClCr2KNaO11. The Bertz CT molecular complexity index is 254. The van der Waals surface area contributed by atoms with Crippen LogP contribution in [0, 0.1) is 10.8 Å². The van der Waals surface area contributed by atoms with E-state index in [1.807, 2.05) is 0 Å². The Morgan fingerprint density at radius 2 is 0.812 bits per heavy atom. The number of hydrogen-bond donors (Lipinski definition) is 5. The summed E-state index contributed by atoms with van der Waals surface area (Å²) in [5.41, 5.74) is 0. The summed E-state index contributed by atoms with van der Waals surface area (Å²) in [7, 11) is -2.60. The van der Waals surface area contributed by atoms with Gasteiger partial charge in [0.25, 0.3) is 10.8 Å². The third-order valence-corrected chi connectivity index (χ3v) is 0. The van der Waals surface area contributed by atoms with E-state index in [4.69, 9.17) is 45.8 Å². The fraction of sp³-hybridized carbons (Fsp3) is 0. The Morgan fingerprint density at radius 1 is 0.812 bits per heavy atom. The van der Waals surface area contributed by atoms with Crippen molar-refractivity contribution in [1.82, 2.24) is 0 Å². The second-order valence-electron chi connectivity index (χ2n) is 1.10. The van der Waals surface area contributed by atoms with Crippen LogP contribution < -0.4 is 9.32 Å². The van der Waals surface area contributed by atoms with Crippen LogP contribution in [0.3, 0.4) is 0 Å². The molecule has 0 aliphatic heterocycles. The average Bonchev–Trinajstić information content (AvgIpc) is 1.45. The van der Waals surface area contributed by atoms with E-state index < -0.39 is 38.0 Å². The van der Waals surface area contributed by atoms with E-state index in [1.165, 1.54) is 0 Å². The molecule has 0 saturated carbocycles. The molecule has 0 rings (SSSR count). The van der Waals surface area contributed by atoms with Crippen molar-refractivity contribution in [2.75, 3.05) is 0 Å². The molecule has 5 N–H and O–H groups in total. The summed E-state index contributed by atoms with van der Waals surface area (Å²) in [6.07, 6.45) is 0. The predicted molar refractivity (Wildman–Crippen MR) is 28.1 cm³/mol. The molecule has 0 aliphatic rings. The number of halogens is 1. The quantitative estimate of drug-likeness (QED) is 0.247. The minimum atomic E-state index is -5.25. The summed E-state index contributed by atoms with van der Waals surface area (Å²) in [6, 6.07) is 0. The summed E-state index contributed by atoms with van der Waals surface area (Å²) in [6.45, 7) is 0. The zero-order valence-corrected chi connectivity index (χ0v) is 9.19. The molecule has 0 fully saturated rings. The molecule has 0 bridgehead atoms. The van der Waals surface area contributed by atoms with Crippen LogP contribution in [-0.4, -0.2) is 102 Å². The normalized spacial score (nSPS) is 9.50. The molecule has 0 radical (unpaired) electrons. The first-order valence-electron chi connectivity index (χ1n) is 1.87. The summed E-state index contributed by atoms with van der Waals surface area (Å²) >= 11 is -10.5. The van der Waals surface area contributed by atoms with Gasteiger partial charge in [0.2, 0.25) is 0 Å². The van der Waals surface area contributed by atoms with E-state index in [0.29, 0.717) is 0 Å². The van der Waals surface area contributed by atoms with Crippen LogP contribution >= 0.6 is 0 Å². The van der Waals surface area contributed by atoms with Gasteiger partial charge in [-0.1, -0.05) is 0 Å².